The van der Waals surface area contributed by atoms with Crippen molar-refractivity contribution in [2.75, 3.05) is 11.4 Å². The second kappa shape index (κ2) is 5.51. The average Bonchev–Trinajstić information content (AvgIpc) is 2.82. The predicted molar refractivity (Wildman–Crippen MR) is 68.5 cm³/mol. The van der Waals surface area contributed by atoms with Gasteiger partial charge in [-0.15, -0.1) is 0 Å². The van der Waals surface area contributed by atoms with Gasteiger partial charge in [0.25, 0.3) is 0 Å². The maximum absolute atomic E-state index is 13.0. The number of hydrogen-bond donors (Lipinski definition) is 0. The second-order valence-corrected chi connectivity index (χ2v) is 4.90. The van der Waals surface area contributed by atoms with E-state index in [9.17, 15) is 13.2 Å². The summed E-state index contributed by atoms with van der Waals surface area (Å²) in [5.74, 6) is 0. The minimum Gasteiger partial charge on any atom is -0.345 e. The summed E-state index contributed by atoms with van der Waals surface area (Å²) in [6, 6.07) is 6.09. The number of rotatable bonds is 2. The van der Waals surface area contributed by atoms with Crippen LogP contribution >= 0.6 is 11.6 Å². The maximum atomic E-state index is 13.0. The van der Waals surface area contributed by atoms with Gasteiger partial charge in [0.15, 0.2) is 0 Å². The van der Waals surface area contributed by atoms with Crippen LogP contribution < -0.4 is 4.90 Å². The highest BCUT2D eigenvalue weighted by Gasteiger charge is 2.50. The lowest BCUT2D eigenvalue weighted by Crippen LogP contribution is -2.42. The van der Waals surface area contributed by atoms with Gasteiger partial charge in [0, 0.05) is 12.2 Å². The zero-order valence-corrected chi connectivity index (χ0v) is 11.4. The molecule has 0 radical (unpaired) electrons. The van der Waals surface area contributed by atoms with E-state index in [-0.39, 0.29) is 17.1 Å². The maximum Gasteiger partial charge on any atom is 0.433 e. The van der Waals surface area contributed by atoms with E-state index < -0.39 is 18.5 Å². The molecule has 2 atom stereocenters. The Labute approximate surface area is 119 Å². The molecule has 0 aromatic heterocycles. The first-order valence-corrected chi connectivity index (χ1v) is 6.43. The van der Waals surface area contributed by atoms with Crippen LogP contribution in [0.5, 0.6) is 0 Å². The quantitative estimate of drug-likeness (QED) is 0.835. The first-order chi connectivity index (χ1) is 9.36. The Bertz CT molecular complexity index is 541. The van der Waals surface area contributed by atoms with E-state index in [0.717, 1.165) is 4.90 Å². The number of halogens is 4. The molecule has 1 aliphatic rings. The average molecular weight is 305 g/mol. The van der Waals surface area contributed by atoms with Crippen LogP contribution in [0.15, 0.2) is 18.2 Å². The Hall–Kier alpha value is -1.45. The van der Waals surface area contributed by atoms with E-state index in [1.54, 1.807) is 6.92 Å². The Kier molecular flexibility index (Phi) is 4.11. The van der Waals surface area contributed by atoms with Crippen LogP contribution in [0.4, 0.5) is 18.9 Å². The van der Waals surface area contributed by atoms with Gasteiger partial charge in [0.1, 0.15) is 6.07 Å². The molecule has 1 fully saturated rings. The van der Waals surface area contributed by atoms with Gasteiger partial charge in [0.05, 0.1) is 16.7 Å². The fraction of sp³-hybridized carbons (Fsp3) is 0.462. The molecule has 0 aliphatic carbocycles. The molecular weight excluding hydrogens is 293 g/mol. The Morgan fingerprint density at radius 3 is 2.70 bits per heavy atom. The minimum absolute atomic E-state index is 0.130. The standard InChI is InChI=1S/C13H12ClF3N2O/c1-2-10-7-19(12(20-10)13(15,16)17)9-4-3-8(6-18)11(14)5-9/h3-5,10,12H,2,7H2,1H3/t10?,12-/m1/s1. The van der Waals surface area contributed by atoms with E-state index in [0.29, 0.717) is 12.1 Å². The van der Waals surface area contributed by atoms with E-state index in [1.165, 1.54) is 18.2 Å². The van der Waals surface area contributed by atoms with Crippen molar-refractivity contribution in [1.82, 2.24) is 0 Å². The van der Waals surface area contributed by atoms with Crippen molar-refractivity contribution in [2.24, 2.45) is 0 Å². The van der Waals surface area contributed by atoms with Crippen LogP contribution in [0, 0.1) is 11.3 Å². The van der Waals surface area contributed by atoms with Crippen LogP contribution in [0.2, 0.25) is 5.02 Å². The smallest absolute Gasteiger partial charge is 0.345 e. The fourth-order valence-corrected chi connectivity index (χ4v) is 2.32. The molecule has 0 bridgehead atoms. The van der Waals surface area contributed by atoms with Crippen molar-refractivity contribution in [3.63, 3.8) is 0 Å². The van der Waals surface area contributed by atoms with Gasteiger partial charge in [0.2, 0.25) is 6.23 Å². The Morgan fingerprint density at radius 1 is 1.50 bits per heavy atom. The van der Waals surface area contributed by atoms with Crippen LogP contribution in [0.3, 0.4) is 0 Å². The SMILES string of the molecule is CCC1CN(c2ccc(C#N)c(Cl)c2)[C@@H](C(F)(F)F)O1. The Morgan fingerprint density at radius 2 is 2.20 bits per heavy atom. The van der Waals surface area contributed by atoms with Gasteiger partial charge >= 0.3 is 6.18 Å². The number of hydrogen-bond acceptors (Lipinski definition) is 3. The molecule has 0 amide bonds. The summed E-state index contributed by atoms with van der Waals surface area (Å²) in [6.07, 6.45) is -6.44. The summed E-state index contributed by atoms with van der Waals surface area (Å²) >= 11 is 5.87. The summed E-state index contributed by atoms with van der Waals surface area (Å²) in [5, 5.41) is 8.91. The second-order valence-electron chi connectivity index (χ2n) is 4.49. The molecule has 1 aliphatic heterocycles. The van der Waals surface area contributed by atoms with Gasteiger partial charge in [-0.25, -0.2) is 0 Å². The van der Waals surface area contributed by atoms with Crippen LogP contribution in [-0.4, -0.2) is 25.1 Å². The van der Waals surface area contributed by atoms with Gasteiger partial charge < -0.3 is 9.64 Å². The number of nitrogens with zero attached hydrogens (tertiary/aromatic N) is 2. The number of benzene rings is 1. The van der Waals surface area contributed by atoms with E-state index in [2.05, 4.69) is 0 Å². The van der Waals surface area contributed by atoms with Crippen LogP contribution in [0.25, 0.3) is 0 Å². The monoisotopic (exact) mass is 304 g/mol. The molecule has 0 saturated carbocycles. The molecule has 1 aromatic rings. The third-order valence-corrected chi connectivity index (χ3v) is 3.46. The molecule has 108 valence electrons. The Balaban J connectivity index is 2.34. The lowest BCUT2D eigenvalue weighted by Gasteiger charge is -2.26. The summed E-state index contributed by atoms with van der Waals surface area (Å²) in [7, 11) is 0. The highest BCUT2D eigenvalue weighted by Crippen LogP contribution is 2.36. The molecule has 1 aromatic carbocycles. The van der Waals surface area contributed by atoms with Crippen molar-refractivity contribution in [3.8, 4) is 6.07 Å². The summed E-state index contributed by atoms with van der Waals surface area (Å²) < 4.78 is 44.0. The normalized spacial score (nSPS) is 22.9. The molecule has 1 heterocycles. The van der Waals surface area contributed by atoms with Crippen LogP contribution in [0.1, 0.15) is 18.9 Å². The summed E-state index contributed by atoms with van der Waals surface area (Å²) in [5.41, 5.74) is 0.526. The predicted octanol–water partition coefficient (Wildman–Crippen LogP) is 3.72. The van der Waals surface area contributed by atoms with E-state index in [4.69, 9.17) is 21.6 Å². The molecule has 0 N–H and O–H groups in total. The zero-order chi connectivity index (χ0) is 14.9. The van der Waals surface area contributed by atoms with Crippen molar-refractivity contribution in [3.05, 3.63) is 28.8 Å². The fourth-order valence-electron chi connectivity index (χ4n) is 2.11. The number of ether oxygens (including phenoxy) is 1. The van der Waals surface area contributed by atoms with Crippen molar-refractivity contribution < 1.29 is 17.9 Å². The highest BCUT2D eigenvalue weighted by molar-refractivity contribution is 6.32. The zero-order valence-electron chi connectivity index (χ0n) is 10.6. The van der Waals surface area contributed by atoms with Crippen LogP contribution in [-0.2, 0) is 4.74 Å². The van der Waals surface area contributed by atoms with Crippen molar-refractivity contribution in [2.45, 2.75) is 31.9 Å². The van der Waals surface area contributed by atoms with Gasteiger partial charge in [-0.05, 0) is 24.6 Å². The molecule has 7 heteroatoms. The van der Waals surface area contributed by atoms with Gasteiger partial charge in [-0.2, -0.15) is 18.4 Å². The molecular formula is C13H12ClF3N2O. The van der Waals surface area contributed by atoms with Gasteiger partial charge in [-0.1, -0.05) is 18.5 Å². The molecule has 2 rings (SSSR count). The molecule has 3 nitrogen and oxygen atoms in total. The molecule has 0 spiro atoms. The van der Waals surface area contributed by atoms with Crippen molar-refractivity contribution in [1.29, 1.82) is 5.26 Å². The number of alkyl halides is 3. The first-order valence-electron chi connectivity index (χ1n) is 6.05. The number of nitriles is 1. The summed E-state index contributed by atoms with van der Waals surface area (Å²) in [6.45, 7) is 1.91. The summed E-state index contributed by atoms with van der Waals surface area (Å²) in [4.78, 5) is 1.13. The third kappa shape index (κ3) is 2.84. The highest BCUT2D eigenvalue weighted by atomic mass is 35.5. The lowest BCUT2D eigenvalue weighted by atomic mass is 10.2. The van der Waals surface area contributed by atoms with E-state index in [1.807, 2.05) is 6.07 Å². The molecule has 1 unspecified atom stereocenters. The topological polar surface area (TPSA) is 36.3 Å². The first kappa shape index (κ1) is 14.9. The lowest BCUT2D eigenvalue weighted by molar-refractivity contribution is -0.213. The van der Waals surface area contributed by atoms with Crippen molar-refractivity contribution >= 4 is 17.3 Å². The molecule has 1 saturated heterocycles. The molecule has 20 heavy (non-hydrogen) atoms. The third-order valence-electron chi connectivity index (χ3n) is 3.14. The largest absolute Gasteiger partial charge is 0.433 e. The minimum atomic E-state index is -4.48. The van der Waals surface area contributed by atoms with Gasteiger partial charge in [-0.3, -0.25) is 0 Å². The number of anilines is 1. The van der Waals surface area contributed by atoms with E-state index >= 15 is 0 Å².